The Morgan fingerprint density at radius 3 is 0.842 bits per heavy atom. The summed E-state index contributed by atoms with van der Waals surface area (Å²) in [7, 11) is 0. The number of ether oxygens (including phenoxy) is 3. The second-order valence-corrected chi connectivity index (χ2v) is 5.05. The molecule has 0 aliphatic rings. The van der Waals surface area contributed by atoms with Gasteiger partial charge in [0.2, 0.25) is 0 Å². The van der Waals surface area contributed by atoms with E-state index in [1.165, 1.54) is 0 Å². The molecule has 0 amide bonds. The van der Waals surface area contributed by atoms with Gasteiger partial charge in [0.25, 0.3) is 0 Å². The molecule has 0 aliphatic carbocycles. The molecule has 0 unspecified atom stereocenters. The van der Waals surface area contributed by atoms with Crippen LogP contribution in [-0.2, 0) is 52.1 Å². The third-order valence-corrected chi connectivity index (χ3v) is 1.49. The Hall–Kier alpha value is 0.966. The van der Waals surface area contributed by atoms with Crippen LogP contribution < -0.4 is 0 Å². The number of hydrogen-bond acceptors (Lipinski definition) is 9. The Balaban J connectivity index is -0.0000000865. The zero-order valence-corrected chi connectivity index (χ0v) is 18.2. The van der Waals surface area contributed by atoms with Gasteiger partial charge in [-0.2, -0.15) is 0 Å². The molecule has 0 aromatic rings. The van der Waals surface area contributed by atoms with E-state index in [2.05, 4.69) is 88.8 Å². The van der Waals surface area contributed by atoms with E-state index < -0.39 is 0 Å². The van der Waals surface area contributed by atoms with Gasteiger partial charge in [-0.25, -0.2) is 0 Å². The summed E-state index contributed by atoms with van der Waals surface area (Å²) in [6, 6.07) is 0. The van der Waals surface area contributed by atoms with Crippen LogP contribution in [0.3, 0.4) is 0 Å². The molecule has 0 saturated carbocycles. The molecule has 0 spiro atoms. The first-order chi connectivity index (χ1) is 8.31. The third kappa shape index (κ3) is 55.0. The molecule has 0 saturated heterocycles. The minimum Gasteiger partial charge on any atom is -0.514 e. The molecule has 3 nitrogen and oxygen atoms in total. The first kappa shape index (κ1) is 28.2. The Bertz CT molecular complexity index is 202. The van der Waals surface area contributed by atoms with Crippen LogP contribution in [0, 0.1) is 0 Å². The predicted molar refractivity (Wildman–Crippen MR) is 101 cm³/mol. The molecule has 0 aromatic carbocycles. The van der Waals surface area contributed by atoms with Gasteiger partial charge in [0.15, 0.2) is 0 Å². The second kappa shape index (κ2) is 24.0. The van der Waals surface area contributed by atoms with Crippen LogP contribution in [0.5, 0.6) is 0 Å². The van der Waals surface area contributed by atoms with Crippen LogP contribution in [0.15, 0.2) is 0 Å². The van der Waals surface area contributed by atoms with Crippen molar-refractivity contribution < 1.29 is 14.2 Å². The summed E-state index contributed by atoms with van der Waals surface area (Å²) in [6.45, 7) is 7.29. The van der Waals surface area contributed by atoms with Crippen LogP contribution >= 0.6 is 36.7 Å². The normalized spacial score (nSPS) is 7.11. The summed E-state index contributed by atoms with van der Waals surface area (Å²) in [5.74, 6) is 0. The Morgan fingerprint density at radius 1 is 0.684 bits per heavy atom. The minimum atomic E-state index is 0. The smallest absolute Gasteiger partial charge is 0.514 e. The van der Waals surface area contributed by atoms with E-state index in [9.17, 15) is 0 Å². The third-order valence-electron chi connectivity index (χ3n) is 0.787. The molecule has 0 atom stereocenters. The van der Waals surface area contributed by atoms with Crippen molar-refractivity contribution in [1.29, 1.82) is 0 Å². The zero-order valence-electron chi connectivity index (χ0n) is 10.9. The van der Waals surface area contributed by atoms with Crippen molar-refractivity contribution in [3.8, 4) is 0 Å². The van der Waals surface area contributed by atoms with Gasteiger partial charge in [0, 0.05) is 13.1 Å². The van der Waals surface area contributed by atoms with Crippen LogP contribution in [0.25, 0.3) is 0 Å². The largest absolute Gasteiger partial charge is 3.00 e. The fourth-order valence-corrected chi connectivity index (χ4v) is 1.06. The zero-order chi connectivity index (χ0) is 15.0. The molecule has 0 N–H and O–H groups in total. The van der Waals surface area contributed by atoms with E-state index in [0.717, 1.165) is 0 Å². The summed E-state index contributed by atoms with van der Waals surface area (Å²) in [5, 5.41) is 0. The summed E-state index contributed by atoms with van der Waals surface area (Å²) < 4.78 is 14.4. The first-order valence-electron chi connectivity index (χ1n) is 4.82. The van der Waals surface area contributed by atoms with Crippen LogP contribution in [0.4, 0.5) is 0 Å². The molecule has 0 fully saturated rings. The number of hydrogen-bond donors (Lipinski definition) is 0. The van der Waals surface area contributed by atoms with Gasteiger partial charge in [0.05, 0.1) is 19.8 Å². The molecule has 108 valence electrons. The van der Waals surface area contributed by atoms with Crippen molar-refractivity contribution in [1.82, 2.24) is 0 Å². The fraction of sp³-hybridized carbons (Fsp3) is 0.667. The Labute approximate surface area is 161 Å². The monoisotopic (exact) mass is 432 g/mol. The standard InChI is InChI=1S/3C3H6OS2.Ga/c3*1-2-4-3(5)6;/h3*2H2,1H3,(H,5,6);/q;;;+3/p-3. The van der Waals surface area contributed by atoms with Crippen molar-refractivity contribution in [3.05, 3.63) is 0 Å². The maximum atomic E-state index is 4.59. The molecule has 0 rings (SSSR count). The van der Waals surface area contributed by atoms with E-state index in [-0.39, 0.29) is 32.9 Å². The number of thiocarbonyl (C=S) groups is 3. The molecular weight excluding hydrogens is 418 g/mol. The van der Waals surface area contributed by atoms with Crippen molar-refractivity contribution in [2.75, 3.05) is 19.8 Å². The van der Waals surface area contributed by atoms with Gasteiger partial charge in [0.1, 0.15) is 0 Å². The van der Waals surface area contributed by atoms with E-state index in [0.29, 0.717) is 19.8 Å². The molecule has 19 heavy (non-hydrogen) atoms. The molecule has 0 aromatic heterocycles. The van der Waals surface area contributed by atoms with Crippen LogP contribution in [0.1, 0.15) is 20.8 Å². The van der Waals surface area contributed by atoms with Crippen molar-refractivity contribution in [3.63, 3.8) is 0 Å². The quantitative estimate of drug-likeness (QED) is 0.377. The maximum absolute atomic E-state index is 4.59. The van der Waals surface area contributed by atoms with Gasteiger partial charge in [-0.05, 0) is 20.8 Å². The van der Waals surface area contributed by atoms with Crippen molar-refractivity contribution >= 4 is 107 Å². The summed E-state index contributed by atoms with van der Waals surface area (Å²) in [6.07, 6.45) is 0. The summed E-state index contributed by atoms with van der Waals surface area (Å²) >= 11 is 26.3. The molecule has 0 radical (unpaired) electrons. The van der Waals surface area contributed by atoms with Gasteiger partial charge in [-0.15, -0.1) is 0 Å². The molecule has 0 aliphatic heterocycles. The predicted octanol–water partition coefficient (Wildman–Crippen LogP) is 2.18. The Kier molecular flexibility index (Phi) is 35.6. The van der Waals surface area contributed by atoms with Gasteiger partial charge >= 0.3 is 19.8 Å². The van der Waals surface area contributed by atoms with E-state index in [4.69, 9.17) is 0 Å². The van der Waals surface area contributed by atoms with Gasteiger partial charge < -0.3 is 88.8 Å². The second-order valence-electron chi connectivity index (χ2n) is 2.05. The molecule has 0 heterocycles. The van der Waals surface area contributed by atoms with Crippen molar-refractivity contribution in [2.24, 2.45) is 0 Å². The SMILES string of the molecule is CCOC(=S)[S-].CCOC(=S)[S-].CCOC(=S)[S-].[Ga+3]. The van der Waals surface area contributed by atoms with E-state index >= 15 is 0 Å². The van der Waals surface area contributed by atoms with Crippen LogP contribution in [0.2, 0.25) is 0 Å². The maximum Gasteiger partial charge on any atom is 3.00 e. The van der Waals surface area contributed by atoms with E-state index in [1.807, 2.05) is 20.8 Å². The fourth-order valence-electron chi connectivity index (χ4n) is 0.354. The number of rotatable bonds is 3. The average molecular weight is 433 g/mol. The Morgan fingerprint density at radius 2 is 0.842 bits per heavy atom. The molecule has 0 bridgehead atoms. The summed E-state index contributed by atoms with van der Waals surface area (Å²) in [5.41, 5.74) is 0. The van der Waals surface area contributed by atoms with Crippen molar-refractivity contribution in [2.45, 2.75) is 20.8 Å². The minimum absolute atomic E-state index is 0. The molecular formula is C9H15GaO3S6. The van der Waals surface area contributed by atoms with E-state index in [1.54, 1.807) is 0 Å². The van der Waals surface area contributed by atoms with Crippen LogP contribution in [-0.4, -0.2) is 52.8 Å². The topological polar surface area (TPSA) is 27.7 Å². The molecule has 10 heteroatoms. The average Bonchev–Trinajstić information content (AvgIpc) is 2.18. The van der Waals surface area contributed by atoms with Gasteiger partial charge in [-0.1, -0.05) is 0 Å². The summed E-state index contributed by atoms with van der Waals surface area (Å²) in [4.78, 5) is 0. The first-order valence-corrected chi connectivity index (χ1v) is 7.27. The van der Waals surface area contributed by atoms with Gasteiger partial charge in [-0.3, -0.25) is 0 Å².